The Morgan fingerprint density at radius 1 is 0.640 bits per heavy atom. The van der Waals surface area contributed by atoms with Crippen molar-refractivity contribution in [2.75, 3.05) is 0 Å². The first-order chi connectivity index (χ1) is 23.7. The van der Waals surface area contributed by atoms with Gasteiger partial charge < -0.3 is 4.74 Å². The molecular formula is C39H24F7N3O. The molecule has 1 aromatic heterocycles. The Bertz CT molecular complexity index is 2330. The van der Waals surface area contributed by atoms with Gasteiger partial charge in [0.15, 0.2) is 11.4 Å². The summed E-state index contributed by atoms with van der Waals surface area (Å²) in [6.07, 6.45) is -6.65. The first-order valence-electron chi connectivity index (χ1n) is 15.5. The molecule has 50 heavy (non-hydrogen) atoms. The van der Waals surface area contributed by atoms with Gasteiger partial charge in [-0.15, -0.1) is 0 Å². The molecule has 250 valence electrons. The van der Waals surface area contributed by atoms with Gasteiger partial charge in [0.25, 0.3) is 0 Å². The summed E-state index contributed by atoms with van der Waals surface area (Å²) in [6, 6.07) is 27.6. The van der Waals surface area contributed by atoms with E-state index in [9.17, 15) is 30.7 Å². The van der Waals surface area contributed by atoms with E-state index < -0.39 is 41.2 Å². The summed E-state index contributed by atoms with van der Waals surface area (Å²) in [5.41, 5.74) is 4.52. The molecule has 2 aliphatic rings. The lowest BCUT2D eigenvalue weighted by atomic mass is 9.77. The highest BCUT2D eigenvalue weighted by atomic mass is 19.4. The van der Waals surface area contributed by atoms with Crippen molar-refractivity contribution in [3.05, 3.63) is 148 Å². The second-order valence-electron chi connectivity index (χ2n) is 12.8. The van der Waals surface area contributed by atoms with Crippen LogP contribution in [0.3, 0.4) is 0 Å². The predicted octanol–water partition coefficient (Wildman–Crippen LogP) is 10.5. The van der Waals surface area contributed by atoms with Gasteiger partial charge in [0.05, 0.1) is 0 Å². The smallest absolute Gasteiger partial charge is 0.451 e. The molecule has 1 aliphatic carbocycles. The molecule has 8 rings (SSSR count). The molecule has 0 radical (unpaired) electrons. The lowest BCUT2D eigenvalue weighted by Crippen LogP contribution is -2.35. The molecule has 0 amide bonds. The van der Waals surface area contributed by atoms with Gasteiger partial charge in [0, 0.05) is 33.1 Å². The lowest BCUT2D eigenvalue weighted by molar-refractivity contribution is -0.155. The van der Waals surface area contributed by atoms with Crippen molar-refractivity contribution in [2.24, 2.45) is 0 Å². The largest absolute Gasteiger partial charge is 0.472 e. The minimum atomic E-state index is -5.24. The van der Waals surface area contributed by atoms with E-state index in [1.807, 2.05) is 48.6 Å². The van der Waals surface area contributed by atoms with Crippen LogP contribution >= 0.6 is 0 Å². The molecule has 11 heteroatoms. The fourth-order valence-electron chi connectivity index (χ4n) is 7.20. The number of ether oxygens (including phenoxy) is 1. The number of aromatic nitrogens is 3. The molecule has 2 heterocycles. The molecule has 1 unspecified atom stereocenters. The minimum absolute atomic E-state index is 0.107. The normalized spacial score (nSPS) is 17.6. The zero-order valence-electron chi connectivity index (χ0n) is 26.3. The third kappa shape index (κ3) is 4.78. The molecule has 0 N–H and O–H groups in total. The van der Waals surface area contributed by atoms with Gasteiger partial charge >= 0.3 is 12.4 Å². The monoisotopic (exact) mass is 683 g/mol. The van der Waals surface area contributed by atoms with Gasteiger partial charge in [-0.2, -0.15) is 26.3 Å². The van der Waals surface area contributed by atoms with Gasteiger partial charge in [-0.3, -0.25) is 0 Å². The molecule has 6 aromatic rings. The summed E-state index contributed by atoms with van der Waals surface area (Å²) >= 11 is 0. The van der Waals surface area contributed by atoms with Crippen molar-refractivity contribution in [3.8, 4) is 28.3 Å². The number of hydrogen-bond acceptors (Lipinski definition) is 4. The Labute approximate surface area is 280 Å². The van der Waals surface area contributed by atoms with Crippen LogP contribution in [0.4, 0.5) is 30.7 Å². The zero-order valence-corrected chi connectivity index (χ0v) is 26.3. The molecule has 0 fully saturated rings. The van der Waals surface area contributed by atoms with Crippen LogP contribution in [-0.4, -0.2) is 15.0 Å². The number of alkyl halides is 6. The van der Waals surface area contributed by atoms with E-state index in [-0.39, 0.29) is 11.0 Å². The number of rotatable bonds is 3. The van der Waals surface area contributed by atoms with Crippen molar-refractivity contribution in [3.63, 3.8) is 0 Å². The summed E-state index contributed by atoms with van der Waals surface area (Å²) in [6.45, 7) is 4.33. The average molecular weight is 684 g/mol. The van der Waals surface area contributed by atoms with Crippen LogP contribution in [0.5, 0.6) is 5.75 Å². The molecule has 5 aromatic carbocycles. The van der Waals surface area contributed by atoms with E-state index in [2.05, 4.69) is 40.9 Å². The average Bonchev–Trinajstić information content (AvgIpc) is 3.34. The van der Waals surface area contributed by atoms with Gasteiger partial charge in [-0.1, -0.05) is 105 Å². The van der Waals surface area contributed by atoms with Crippen LogP contribution in [0, 0.1) is 5.82 Å². The van der Waals surface area contributed by atoms with Crippen LogP contribution in [0.2, 0.25) is 0 Å². The van der Waals surface area contributed by atoms with Crippen LogP contribution in [0.1, 0.15) is 53.3 Å². The predicted molar refractivity (Wildman–Crippen MR) is 174 cm³/mol. The van der Waals surface area contributed by atoms with Gasteiger partial charge in [-0.25, -0.2) is 19.3 Å². The highest BCUT2D eigenvalue weighted by Gasteiger charge is 2.45. The van der Waals surface area contributed by atoms with Gasteiger partial charge in [0.2, 0.25) is 11.6 Å². The number of halogens is 7. The molecule has 1 atom stereocenters. The van der Waals surface area contributed by atoms with Gasteiger partial charge in [-0.05, 0) is 45.8 Å². The molecule has 0 saturated carbocycles. The van der Waals surface area contributed by atoms with E-state index in [0.29, 0.717) is 16.9 Å². The van der Waals surface area contributed by atoms with Crippen molar-refractivity contribution in [2.45, 2.75) is 37.2 Å². The van der Waals surface area contributed by atoms with E-state index in [1.165, 1.54) is 42.0 Å². The molecule has 0 saturated heterocycles. The summed E-state index contributed by atoms with van der Waals surface area (Å²) in [5.74, 6) is -4.60. The third-order valence-corrected chi connectivity index (χ3v) is 9.44. The van der Waals surface area contributed by atoms with Crippen molar-refractivity contribution >= 4 is 16.8 Å². The number of hydrogen-bond donors (Lipinski definition) is 0. The molecule has 0 bridgehead atoms. The first kappa shape index (κ1) is 31.7. The molecule has 4 nitrogen and oxygen atoms in total. The van der Waals surface area contributed by atoms with Crippen LogP contribution in [-0.2, 0) is 23.4 Å². The molecule has 0 spiro atoms. The van der Waals surface area contributed by atoms with Gasteiger partial charge in [0.1, 0.15) is 11.6 Å². The van der Waals surface area contributed by atoms with E-state index in [1.54, 1.807) is 12.1 Å². The number of nitrogens with zero attached hydrogens (tertiary/aromatic N) is 3. The first-order valence-corrected chi connectivity index (χ1v) is 15.5. The fraction of sp³-hybridized carbons (Fsp3) is 0.154. The summed E-state index contributed by atoms with van der Waals surface area (Å²) in [4.78, 5) is 9.23. The number of fused-ring (bicyclic) bond motifs is 8. The number of benzene rings is 5. The van der Waals surface area contributed by atoms with Crippen molar-refractivity contribution in [1.82, 2.24) is 15.0 Å². The van der Waals surface area contributed by atoms with Crippen LogP contribution in [0.15, 0.2) is 103 Å². The summed E-state index contributed by atoms with van der Waals surface area (Å²) in [5, 5.41) is 1.82. The maximum atomic E-state index is 14.2. The lowest BCUT2D eigenvalue weighted by Gasteiger charge is -2.38. The Morgan fingerprint density at radius 3 is 1.82 bits per heavy atom. The Balaban J connectivity index is 1.32. The summed E-state index contributed by atoms with van der Waals surface area (Å²) in [7, 11) is 0. The Kier molecular flexibility index (Phi) is 6.78. The van der Waals surface area contributed by atoms with E-state index >= 15 is 0 Å². The maximum Gasteiger partial charge on any atom is 0.451 e. The fourth-order valence-corrected chi connectivity index (χ4v) is 7.20. The Morgan fingerprint density at radius 2 is 1.20 bits per heavy atom. The van der Waals surface area contributed by atoms with Crippen LogP contribution in [0.25, 0.3) is 39.4 Å². The second-order valence-corrected chi connectivity index (χ2v) is 12.8. The summed E-state index contributed by atoms with van der Waals surface area (Å²) < 4.78 is 102. The minimum Gasteiger partial charge on any atom is -0.472 e. The maximum absolute atomic E-state index is 14.2. The van der Waals surface area contributed by atoms with E-state index in [0.717, 1.165) is 33.0 Å². The standard InChI is InChI=1S/C39H24F7N3O/c1-36(2)29-10-6-5-9-27(29)30-25-7-3-4-8-26(25)32-28(31(30)36)19-20-37(50-32,23-15-17-24(40)18-16-23)22-13-11-21(12-14-22)33-47-34(38(41,42)43)49-35(48-33)39(44,45)46/h3-20H,1-2H3. The molecule has 1 aliphatic heterocycles. The quantitative estimate of drug-likeness (QED) is 0.174. The second kappa shape index (κ2) is 10.7. The zero-order chi connectivity index (χ0) is 35.2. The highest BCUT2D eigenvalue weighted by Crippen LogP contribution is 2.58. The topological polar surface area (TPSA) is 47.9 Å². The van der Waals surface area contributed by atoms with Crippen molar-refractivity contribution in [1.29, 1.82) is 0 Å². The van der Waals surface area contributed by atoms with Crippen molar-refractivity contribution < 1.29 is 35.5 Å². The van der Waals surface area contributed by atoms with E-state index in [4.69, 9.17) is 4.74 Å². The SMILES string of the molecule is CC1(C)c2ccccc2-c2c1c1c(c3ccccc23)OC(c2ccc(F)cc2)(c2ccc(-c3nc(C(F)(F)F)nc(C(F)(F)F)n3)cc2)C=C1. The third-order valence-electron chi connectivity index (χ3n) is 9.44. The Hall–Kier alpha value is -5.58. The molecular weight excluding hydrogens is 659 g/mol. The highest BCUT2D eigenvalue weighted by molar-refractivity contribution is 6.08. The van der Waals surface area contributed by atoms with Crippen LogP contribution < -0.4 is 4.74 Å².